The molecular formula is C14H17N5. The van der Waals surface area contributed by atoms with Gasteiger partial charge in [-0.05, 0) is 12.1 Å². The first-order valence-electron chi connectivity index (χ1n) is 6.14. The molecule has 0 aliphatic carbocycles. The number of rotatable bonds is 4. The van der Waals surface area contributed by atoms with Crippen LogP contribution in [0, 0.1) is 12.3 Å². The van der Waals surface area contributed by atoms with Gasteiger partial charge in [0.1, 0.15) is 5.65 Å². The summed E-state index contributed by atoms with van der Waals surface area (Å²) in [5.41, 5.74) is 2.01. The van der Waals surface area contributed by atoms with Crippen LogP contribution in [-0.2, 0) is 6.42 Å². The SMILES string of the molecule is C#CCNC(=NC)NCCc1cn2ccccc2n1. The minimum Gasteiger partial charge on any atom is -0.356 e. The lowest BCUT2D eigenvalue weighted by Crippen LogP contribution is -2.38. The van der Waals surface area contributed by atoms with Crippen molar-refractivity contribution >= 4 is 11.6 Å². The summed E-state index contributed by atoms with van der Waals surface area (Å²) in [6.07, 6.45) is 10.0. The van der Waals surface area contributed by atoms with Gasteiger partial charge in [0.05, 0.1) is 12.2 Å². The maximum absolute atomic E-state index is 5.19. The van der Waals surface area contributed by atoms with E-state index in [0.29, 0.717) is 12.5 Å². The van der Waals surface area contributed by atoms with E-state index in [0.717, 1.165) is 24.3 Å². The van der Waals surface area contributed by atoms with Crippen molar-refractivity contribution in [1.82, 2.24) is 20.0 Å². The lowest BCUT2D eigenvalue weighted by molar-refractivity contribution is 0.812. The zero-order chi connectivity index (χ0) is 13.5. The summed E-state index contributed by atoms with van der Waals surface area (Å²) in [6.45, 7) is 1.22. The summed E-state index contributed by atoms with van der Waals surface area (Å²) in [7, 11) is 1.72. The second-order valence-corrected chi connectivity index (χ2v) is 4.01. The average molecular weight is 255 g/mol. The van der Waals surface area contributed by atoms with Gasteiger partial charge in [-0.2, -0.15) is 0 Å². The molecule has 0 aliphatic rings. The van der Waals surface area contributed by atoms with Crippen LogP contribution in [0.5, 0.6) is 0 Å². The van der Waals surface area contributed by atoms with Crippen LogP contribution in [0.1, 0.15) is 5.69 Å². The summed E-state index contributed by atoms with van der Waals surface area (Å²) < 4.78 is 2.01. The van der Waals surface area contributed by atoms with Gasteiger partial charge in [-0.1, -0.05) is 12.0 Å². The van der Waals surface area contributed by atoms with Crippen LogP contribution in [0.3, 0.4) is 0 Å². The highest BCUT2D eigenvalue weighted by molar-refractivity contribution is 5.79. The lowest BCUT2D eigenvalue weighted by atomic mass is 10.3. The van der Waals surface area contributed by atoms with E-state index in [1.807, 2.05) is 35.0 Å². The van der Waals surface area contributed by atoms with E-state index in [9.17, 15) is 0 Å². The quantitative estimate of drug-likeness (QED) is 0.480. The number of terminal acetylenes is 1. The molecule has 0 aliphatic heterocycles. The van der Waals surface area contributed by atoms with E-state index in [4.69, 9.17) is 6.42 Å². The Morgan fingerprint density at radius 2 is 2.37 bits per heavy atom. The molecule has 98 valence electrons. The van der Waals surface area contributed by atoms with Crippen LogP contribution in [0.4, 0.5) is 0 Å². The Bertz CT molecular complexity index is 573. The number of fused-ring (bicyclic) bond motifs is 1. The van der Waals surface area contributed by atoms with Crippen molar-refractivity contribution in [3.63, 3.8) is 0 Å². The minimum atomic E-state index is 0.466. The maximum atomic E-state index is 5.19. The highest BCUT2D eigenvalue weighted by Gasteiger charge is 2.01. The Kier molecular flexibility index (Phi) is 4.40. The molecule has 0 radical (unpaired) electrons. The molecule has 0 aromatic carbocycles. The standard InChI is InChI=1S/C14H17N5/c1-3-8-16-14(15-2)17-9-7-12-11-19-10-5-4-6-13(19)18-12/h1,4-6,10-11H,7-9H2,2H3,(H2,15,16,17). The molecule has 0 atom stereocenters. The molecule has 0 spiro atoms. The van der Waals surface area contributed by atoms with Crippen molar-refractivity contribution in [3.05, 3.63) is 36.3 Å². The number of aromatic nitrogens is 2. The van der Waals surface area contributed by atoms with Gasteiger partial charge in [-0.25, -0.2) is 4.98 Å². The topological polar surface area (TPSA) is 53.7 Å². The molecular weight excluding hydrogens is 238 g/mol. The van der Waals surface area contributed by atoms with E-state index in [1.165, 1.54) is 0 Å². The molecule has 0 amide bonds. The Hall–Kier alpha value is -2.48. The normalized spacial score (nSPS) is 11.3. The fraction of sp³-hybridized carbons (Fsp3) is 0.286. The van der Waals surface area contributed by atoms with Gasteiger partial charge in [0.2, 0.25) is 0 Å². The predicted octanol–water partition coefficient (Wildman–Crippen LogP) is 0.675. The second-order valence-electron chi connectivity index (χ2n) is 4.01. The summed E-state index contributed by atoms with van der Waals surface area (Å²) in [5, 5.41) is 6.20. The van der Waals surface area contributed by atoms with Crippen molar-refractivity contribution in [1.29, 1.82) is 0 Å². The third kappa shape index (κ3) is 3.49. The molecule has 2 aromatic heterocycles. The molecule has 0 saturated carbocycles. The predicted molar refractivity (Wildman–Crippen MR) is 77.1 cm³/mol. The molecule has 5 heteroatoms. The second kappa shape index (κ2) is 6.45. The highest BCUT2D eigenvalue weighted by atomic mass is 15.2. The molecule has 0 bridgehead atoms. The van der Waals surface area contributed by atoms with Gasteiger partial charge >= 0.3 is 0 Å². The number of nitrogens with one attached hydrogen (secondary N) is 2. The molecule has 2 heterocycles. The van der Waals surface area contributed by atoms with Crippen LogP contribution in [0.15, 0.2) is 35.6 Å². The summed E-state index contributed by atoms with van der Waals surface area (Å²) in [5.74, 6) is 3.22. The fourth-order valence-corrected chi connectivity index (χ4v) is 1.77. The van der Waals surface area contributed by atoms with E-state index in [1.54, 1.807) is 7.05 Å². The van der Waals surface area contributed by atoms with Gasteiger partial charge in [0.25, 0.3) is 0 Å². The Morgan fingerprint density at radius 3 is 3.11 bits per heavy atom. The monoisotopic (exact) mass is 255 g/mol. The first-order chi connectivity index (χ1) is 9.33. The van der Waals surface area contributed by atoms with E-state index >= 15 is 0 Å². The number of guanidine groups is 1. The first-order valence-corrected chi connectivity index (χ1v) is 6.14. The largest absolute Gasteiger partial charge is 0.356 e. The summed E-state index contributed by atoms with van der Waals surface area (Å²) in [4.78, 5) is 8.60. The number of pyridine rings is 1. The molecule has 2 rings (SSSR count). The number of nitrogens with zero attached hydrogens (tertiary/aromatic N) is 3. The average Bonchev–Trinajstić information content (AvgIpc) is 2.85. The van der Waals surface area contributed by atoms with Gasteiger partial charge in [0, 0.05) is 32.4 Å². The molecule has 0 unspecified atom stereocenters. The van der Waals surface area contributed by atoms with Crippen LogP contribution in [0.2, 0.25) is 0 Å². The molecule has 19 heavy (non-hydrogen) atoms. The number of aliphatic imine (C=N–C) groups is 1. The number of imidazole rings is 1. The van der Waals surface area contributed by atoms with Crippen molar-refractivity contribution in [2.45, 2.75) is 6.42 Å². The zero-order valence-corrected chi connectivity index (χ0v) is 10.9. The number of hydrogen-bond donors (Lipinski definition) is 2. The van der Waals surface area contributed by atoms with E-state index < -0.39 is 0 Å². The zero-order valence-electron chi connectivity index (χ0n) is 10.9. The summed E-state index contributed by atoms with van der Waals surface area (Å²) in [6, 6.07) is 5.96. The van der Waals surface area contributed by atoms with E-state index in [2.05, 4.69) is 26.5 Å². The molecule has 0 fully saturated rings. The van der Waals surface area contributed by atoms with Crippen LogP contribution in [-0.4, -0.2) is 35.5 Å². The Morgan fingerprint density at radius 1 is 1.47 bits per heavy atom. The smallest absolute Gasteiger partial charge is 0.191 e. The summed E-state index contributed by atoms with van der Waals surface area (Å²) >= 11 is 0. The van der Waals surface area contributed by atoms with E-state index in [-0.39, 0.29) is 0 Å². The van der Waals surface area contributed by atoms with Crippen molar-refractivity contribution < 1.29 is 0 Å². The van der Waals surface area contributed by atoms with Gasteiger partial charge in [-0.15, -0.1) is 6.42 Å². The fourth-order valence-electron chi connectivity index (χ4n) is 1.77. The van der Waals surface area contributed by atoms with Gasteiger partial charge < -0.3 is 15.0 Å². The van der Waals surface area contributed by atoms with Gasteiger partial charge in [-0.3, -0.25) is 4.99 Å². The third-order valence-corrected chi connectivity index (χ3v) is 2.67. The van der Waals surface area contributed by atoms with Crippen LogP contribution < -0.4 is 10.6 Å². The maximum Gasteiger partial charge on any atom is 0.191 e. The third-order valence-electron chi connectivity index (χ3n) is 2.67. The minimum absolute atomic E-state index is 0.466. The number of hydrogen-bond acceptors (Lipinski definition) is 2. The molecule has 0 saturated heterocycles. The van der Waals surface area contributed by atoms with Crippen LogP contribution >= 0.6 is 0 Å². The lowest BCUT2D eigenvalue weighted by Gasteiger charge is -2.08. The molecule has 2 aromatic rings. The first kappa shape index (κ1) is 13.0. The van der Waals surface area contributed by atoms with Gasteiger partial charge in [0.15, 0.2) is 5.96 Å². The van der Waals surface area contributed by atoms with Crippen LogP contribution in [0.25, 0.3) is 5.65 Å². The van der Waals surface area contributed by atoms with Crippen molar-refractivity contribution in [2.24, 2.45) is 4.99 Å². The van der Waals surface area contributed by atoms with Crippen molar-refractivity contribution in [3.8, 4) is 12.3 Å². The highest BCUT2D eigenvalue weighted by Crippen LogP contribution is 2.04. The molecule has 5 nitrogen and oxygen atoms in total. The van der Waals surface area contributed by atoms with Crippen molar-refractivity contribution in [2.75, 3.05) is 20.1 Å². The Labute approximate surface area is 112 Å². The molecule has 2 N–H and O–H groups in total. The Balaban J connectivity index is 1.87.